The van der Waals surface area contributed by atoms with Gasteiger partial charge in [-0.3, -0.25) is 0 Å². The van der Waals surface area contributed by atoms with E-state index in [9.17, 15) is 5.11 Å². The van der Waals surface area contributed by atoms with Gasteiger partial charge in [0.15, 0.2) is 6.23 Å². The number of nitrogens with two attached hydrogens (primary N) is 1. The van der Waals surface area contributed by atoms with Crippen LogP contribution in [0.4, 0.5) is 11.8 Å². The second-order valence-electron chi connectivity index (χ2n) is 4.98. The minimum Gasteiger partial charge on any atom is -0.369 e. The van der Waals surface area contributed by atoms with Gasteiger partial charge < -0.3 is 15.7 Å². The van der Waals surface area contributed by atoms with Crippen LogP contribution in [0.5, 0.6) is 0 Å². The maximum Gasteiger partial charge on any atom is 0.222 e. The topological polar surface area (TPSA) is 99.1 Å². The molecule has 1 atom stereocenters. The fraction of sp³-hybridized carbons (Fsp3) is 0.462. The van der Waals surface area contributed by atoms with E-state index in [4.69, 9.17) is 11.0 Å². The zero-order valence-corrected chi connectivity index (χ0v) is 10.7. The maximum absolute atomic E-state index is 10.3. The molecule has 0 amide bonds. The summed E-state index contributed by atoms with van der Waals surface area (Å²) in [5.74, 6) is 0.836. The van der Waals surface area contributed by atoms with Crippen LogP contribution in [-0.2, 0) is 0 Å². The van der Waals surface area contributed by atoms with E-state index < -0.39 is 6.23 Å². The summed E-state index contributed by atoms with van der Waals surface area (Å²) in [6.07, 6.45) is 3.85. The SMILES string of the molecule is Cc1nc(N)nc2c1C=C(C#N)C(O)N2C1CCC1. The first-order valence-electron chi connectivity index (χ1n) is 6.34. The lowest BCUT2D eigenvalue weighted by atomic mass is 9.89. The average molecular weight is 257 g/mol. The van der Waals surface area contributed by atoms with Crippen molar-refractivity contribution in [1.82, 2.24) is 9.97 Å². The number of aromatic nitrogens is 2. The summed E-state index contributed by atoms with van der Waals surface area (Å²) >= 11 is 0. The van der Waals surface area contributed by atoms with E-state index in [2.05, 4.69) is 16.0 Å². The van der Waals surface area contributed by atoms with E-state index in [0.717, 1.165) is 30.5 Å². The van der Waals surface area contributed by atoms with Crippen molar-refractivity contribution >= 4 is 17.8 Å². The number of nitrogen functional groups attached to an aromatic ring is 1. The van der Waals surface area contributed by atoms with E-state index in [1.54, 1.807) is 6.08 Å². The number of aliphatic hydroxyl groups is 1. The molecule has 0 aromatic carbocycles. The Kier molecular flexibility index (Phi) is 2.64. The van der Waals surface area contributed by atoms with Crippen molar-refractivity contribution < 1.29 is 5.11 Å². The lowest BCUT2D eigenvalue weighted by Gasteiger charge is -2.43. The van der Waals surface area contributed by atoms with Crippen molar-refractivity contribution in [3.05, 3.63) is 16.8 Å². The predicted octanol–water partition coefficient (Wildman–Crippen LogP) is 0.965. The van der Waals surface area contributed by atoms with E-state index in [1.165, 1.54) is 0 Å². The molecular formula is C13H15N5O. The van der Waals surface area contributed by atoms with Gasteiger partial charge in [-0.05, 0) is 32.3 Å². The average Bonchev–Trinajstić information content (AvgIpc) is 2.30. The summed E-state index contributed by atoms with van der Waals surface area (Å²) in [5.41, 5.74) is 7.54. The Morgan fingerprint density at radius 1 is 1.47 bits per heavy atom. The standard InChI is InChI=1S/C13H15N5O/c1-7-10-5-8(6-14)12(19)18(9-3-2-4-9)11(10)17-13(15)16-7/h5,9,12,19H,2-4H2,1H3,(H2,15,16,17). The van der Waals surface area contributed by atoms with Crippen LogP contribution < -0.4 is 10.6 Å². The van der Waals surface area contributed by atoms with Gasteiger partial charge in [-0.15, -0.1) is 0 Å². The number of nitrogens with zero attached hydrogens (tertiary/aromatic N) is 4. The van der Waals surface area contributed by atoms with E-state index in [0.29, 0.717) is 11.4 Å². The molecule has 3 rings (SSSR count). The highest BCUT2D eigenvalue weighted by molar-refractivity contribution is 5.76. The monoisotopic (exact) mass is 257 g/mol. The fourth-order valence-electron chi connectivity index (χ4n) is 2.58. The van der Waals surface area contributed by atoms with Crippen LogP contribution in [0.2, 0.25) is 0 Å². The van der Waals surface area contributed by atoms with Crippen molar-refractivity contribution in [1.29, 1.82) is 5.26 Å². The Morgan fingerprint density at radius 3 is 2.79 bits per heavy atom. The number of aryl methyl sites for hydroxylation is 1. The van der Waals surface area contributed by atoms with Gasteiger partial charge in [0.2, 0.25) is 5.95 Å². The third-order valence-electron chi connectivity index (χ3n) is 3.82. The second-order valence-corrected chi connectivity index (χ2v) is 4.98. The van der Waals surface area contributed by atoms with Crippen molar-refractivity contribution in [3.63, 3.8) is 0 Å². The van der Waals surface area contributed by atoms with Crippen molar-refractivity contribution in [2.24, 2.45) is 0 Å². The van der Waals surface area contributed by atoms with Crippen LogP contribution in [0.3, 0.4) is 0 Å². The zero-order valence-electron chi connectivity index (χ0n) is 10.7. The molecule has 1 saturated carbocycles. The molecule has 1 unspecified atom stereocenters. The second kappa shape index (κ2) is 4.21. The molecule has 2 aliphatic rings. The summed E-state index contributed by atoms with van der Waals surface area (Å²) in [4.78, 5) is 10.2. The summed E-state index contributed by atoms with van der Waals surface area (Å²) in [6, 6.07) is 2.27. The molecule has 98 valence electrons. The third kappa shape index (κ3) is 1.74. The summed E-state index contributed by atoms with van der Waals surface area (Å²) < 4.78 is 0. The van der Waals surface area contributed by atoms with Crippen LogP contribution in [0.15, 0.2) is 5.57 Å². The van der Waals surface area contributed by atoms with Crippen LogP contribution in [-0.4, -0.2) is 27.3 Å². The molecule has 1 fully saturated rings. The van der Waals surface area contributed by atoms with E-state index in [1.807, 2.05) is 11.8 Å². The molecule has 0 bridgehead atoms. The Hall–Kier alpha value is -2.13. The van der Waals surface area contributed by atoms with Crippen LogP contribution in [0.25, 0.3) is 6.08 Å². The molecule has 19 heavy (non-hydrogen) atoms. The van der Waals surface area contributed by atoms with Crippen LogP contribution in [0, 0.1) is 18.3 Å². The van der Waals surface area contributed by atoms with Crippen molar-refractivity contribution in [2.75, 3.05) is 10.6 Å². The Bertz CT molecular complexity index is 600. The maximum atomic E-state index is 10.3. The summed E-state index contributed by atoms with van der Waals surface area (Å²) in [6.45, 7) is 1.83. The minimum absolute atomic E-state index is 0.196. The molecule has 1 aliphatic carbocycles. The molecule has 2 heterocycles. The largest absolute Gasteiger partial charge is 0.369 e. The molecule has 3 N–H and O–H groups in total. The minimum atomic E-state index is -0.934. The van der Waals surface area contributed by atoms with Gasteiger partial charge in [0.25, 0.3) is 0 Å². The van der Waals surface area contributed by atoms with Gasteiger partial charge in [0.1, 0.15) is 5.82 Å². The molecule has 0 spiro atoms. The fourth-order valence-corrected chi connectivity index (χ4v) is 2.58. The summed E-state index contributed by atoms with van der Waals surface area (Å²) in [5, 5.41) is 19.5. The Balaban J connectivity index is 2.18. The van der Waals surface area contributed by atoms with Crippen LogP contribution >= 0.6 is 0 Å². The number of rotatable bonds is 1. The lowest BCUT2D eigenvalue weighted by molar-refractivity contribution is 0.176. The molecule has 6 heteroatoms. The molecule has 1 aromatic rings. The van der Waals surface area contributed by atoms with Crippen molar-refractivity contribution in [3.8, 4) is 6.07 Å². The van der Waals surface area contributed by atoms with E-state index in [-0.39, 0.29) is 12.0 Å². The predicted molar refractivity (Wildman–Crippen MR) is 70.9 cm³/mol. The number of hydrogen-bond acceptors (Lipinski definition) is 6. The van der Waals surface area contributed by atoms with Crippen molar-refractivity contribution in [2.45, 2.75) is 38.5 Å². The highest BCUT2D eigenvalue weighted by Crippen LogP contribution is 2.38. The van der Waals surface area contributed by atoms with Crippen LogP contribution in [0.1, 0.15) is 30.5 Å². The number of hydrogen-bond donors (Lipinski definition) is 2. The molecule has 6 nitrogen and oxygen atoms in total. The first kappa shape index (κ1) is 11.9. The van der Waals surface area contributed by atoms with Gasteiger partial charge in [0, 0.05) is 11.6 Å². The van der Waals surface area contributed by atoms with Gasteiger partial charge in [-0.25, -0.2) is 4.98 Å². The molecular weight excluding hydrogens is 242 g/mol. The number of aliphatic hydroxyl groups excluding tert-OH is 1. The van der Waals surface area contributed by atoms with Gasteiger partial charge in [0.05, 0.1) is 17.3 Å². The lowest BCUT2D eigenvalue weighted by Crippen LogP contribution is -2.49. The highest BCUT2D eigenvalue weighted by atomic mass is 16.3. The van der Waals surface area contributed by atoms with E-state index >= 15 is 0 Å². The number of anilines is 2. The Morgan fingerprint density at radius 2 is 2.21 bits per heavy atom. The van der Waals surface area contributed by atoms with Gasteiger partial charge in [-0.1, -0.05) is 0 Å². The molecule has 0 radical (unpaired) electrons. The molecule has 1 aromatic heterocycles. The van der Waals surface area contributed by atoms with Gasteiger partial charge in [-0.2, -0.15) is 10.2 Å². The smallest absolute Gasteiger partial charge is 0.222 e. The normalized spacial score (nSPS) is 22.3. The molecule has 1 aliphatic heterocycles. The zero-order chi connectivity index (χ0) is 13.6. The summed E-state index contributed by atoms with van der Waals surface area (Å²) in [7, 11) is 0. The molecule has 0 saturated heterocycles. The van der Waals surface area contributed by atoms with Gasteiger partial charge >= 0.3 is 0 Å². The third-order valence-corrected chi connectivity index (χ3v) is 3.82. The Labute approximate surface area is 111 Å². The number of nitriles is 1. The highest BCUT2D eigenvalue weighted by Gasteiger charge is 2.37. The number of fused-ring (bicyclic) bond motifs is 1. The first-order chi connectivity index (χ1) is 9.11. The quantitative estimate of drug-likeness (QED) is 0.777. The first-order valence-corrected chi connectivity index (χ1v) is 6.34.